The molecule has 1 aliphatic heterocycles. The summed E-state index contributed by atoms with van der Waals surface area (Å²) in [4.78, 5) is 15.2. The molecule has 4 nitrogen and oxygen atoms in total. The van der Waals surface area contributed by atoms with Crippen LogP contribution in [0.4, 0.5) is 0 Å². The number of carbonyl (C=O) groups is 1. The number of hydrogen-bond acceptors (Lipinski definition) is 3. The van der Waals surface area contributed by atoms with Crippen LogP contribution >= 0.6 is 22.1 Å². The minimum absolute atomic E-state index is 0.0240. The Hall–Kier alpha value is -1.53. The van der Waals surface area contributed by atoms with Gasteiger partial charge in [-0.2, -0.15) is 0 Å². The van der Waals surface area contributed by atoms with Crippen molar-refractivity contribution in [1.82, 2.24) is 4.31 Å². The quantitative estimate of drug-likeness (QED) is 0.744. The molecule has 1 aliphatic carbocycles. The summed E-state index contributed by atoms with van der Waals surface area (Å²) >= 11 is 6.13. The maximum atomic E-state index is 13.3. The molecular weight excluding hydrogens is 382 g/mol. The van der Waals surface area contributed by atoms with Gasteiger partial charge in [-0.05, 0) is 55.7 Å². The molecule has 144 valence electrons. The summed E-state index contributed by atoms with van der Waals surface area (Å²) in [6.45, 7) is 2.70. The van der Waals surface area contributed by atoms with E-state index in [1.807, 2.05) is 52.8 Å². The molecule has 2 aliphatic rings. The minimum atomic E-state index is -2.16. The molecule has 2 aromatic carbocycles. The Kier molecular flexibility index (Phi) is 5.21. The average Bonchev–Trinajstić information content (AvgIpc) is 3.18. The second-order valence-corrected chi connectivity index (χ2v) is 10.1. The zero-order valence-electron chi connectivity index (χ0n) is 15.3. The van der Waals surface area contributed by atoms with Crippen LogP contribution in [-0.4, -0.2) is 34.1 Å². The van der Waals surface area contributed by atoms with Gasteiger partial charge in [0.25, 0.3) is 5.91 Å². The van der Waals surface area contributed by atoms with Crippen LogP contribution in [0.3, 0.4) is 0 Å². The molecule has 4 rings (SSSR count). The van der Waals surface area contributed by atoms with Gasteiger partial charge in [0.1, 0.15) is 0 Å². The van der Waals surface area contributed by atoms with Crippen LogP contribution in [0.15, 0.2) is 58.3 Å². The summed E-state index contributed by atoms with van der Waals surface area (Å²) in [6, 6.07) is 15.4. The van der Waals surface area contributed by atoms with Gasteiger partial charge in [0.15, 0.2) is 0 Å². The maximum Gasteiger partial charge on any atom is 0.265 e. The molecule has 1 saturated carbocycles. The van der Waals surface area contributed by atoms with E-state index in [9.17, 15) is 9.90 Å². The Balaban J connectivity index is 1.89. The van der Waals surface area contributed by atoms with E-state index < -0.39 is 10.5 Å². The van der Waals surface area contributed by atoms with Crippen molar-refractivity contribution in [2.24, 2.45) is 0 Å². The van der Waals surface area contributed by atoms with Crippen LogP contribution in [0, 0.1) is 0 Å². The summed E-state index contributed by atoms with van der Waals surface area (Å²) in [7, 11) is -2.16. The lowest BCUT2D eigenvalue weighted by atomic mass is 10.2. The number of halogens is 1. The van der Waals surface area contributed by atoms with E-state index in [0.717, 1.165) is 34.6 Å². The number of carbonyl (C=O) groups excluding carboxylic acids is 1. The molecule has 0 radical (unpaired) electrons. The van der Waals surface area contributed by atoms with Crippen molar-refractivity contribution < 1.29 is 14.1 Å². The van der Waals surface area contributed by atoms with E-state index in [1.54, 1.807) is 0 Å². The van der Waals surface area contributed by atoms with Crippen LogP contribution in [0.1, 0.15) is 43.0 Å². The third-order valence-electron chi connectivity index (χ3n) is 5.14. The highest BCUT2D eigenvalue weighted by Gasteiger charge is 2.49. The van der Waals surface area contributed by atoms with Crippen molar-refractivity contribution in [2.45, 2.75) is 54.6 Å². The highest BCUT2D eigenvalue weighted by molar-refractivity contribution is 8.28. The van der Waals surface area contributed by atoms with Gasteiger partial charge in [-0.3, -0.25) is 9.10 Å². The molecule has 0 saturated heterocycles. The lowest BCUT2D eigenvalue weighted by Crippen LogP contribution is -2.32. The topological polar surface area (TPSA) is 49.8 Å². The molecule has 1 fully saturated rings. The zero-order chi connectivity index (χ0) is 19.0. The molecular formula is C21H24ClNO3S. The first kappa shape index (κ1) is 18.8. The first-order chi connectivity index (χ1) is 13.1. The average molecular weight is 406 g/mol. The number of fused-ring (bicyclic) bond motifs is 1. The molecule has 3 unspecified atom stereocenters. The van der Waals surface area contributed by atoms with Gasteiger partial charge in [-0.25, -0.2) is 0 Å². The standard InChI is InChI=1S/C21H24ClNO3S/c1-2-13-23-21(25)19-5-3-4-6-20(19)27(23,18-11-7-15(22)8-12-18)26-17-10-9-16(24)14-17/h3-8,11-12,16-17,24H,2,9-10,13-14H2,1H3. The first-order valence-electron chi connectivity index (χ1n) is 9.42. The SMILES string of the molecule is CCCN1C(=O)c2ccccc2S1(OC1CCC(O)C1)c1ccc(Cl)cc1. The minimum Gasteiger partial charge on any atom is -0.393 e. The van der Waals surface area contributed by atoms with Gasteiger partial charge in [-0.1, -0.05) is 30.7 Å². The number of aliphatic hydroxyl groups excluding tert-OH is 1. The largest absolute Gasteiger partial charge is 0.393 e. The van der Waals surface area contributed by atoms with Crippen molar-refractivity contribution in [3.8, 4) is 0 Å². The predicted molar refractivity (Wildman–Crippen MR) is 108 cm³/mol. The van der Waals surface area contributed by atoms with Crippen LogP contribution in [-0.2, 0) is 4.18 Å². The predicted octanol–water partition coefficient (Wildman–Crippen LogP) is 5.19. The number of nitrogens with zero attached hydrogens (tertiary/aromatic N) is 1. The number of amides is 1. The lowest BCUT2D eigenvalue weighted by molar-refractivity contribution is 0.0858. The highest BCUT2D eigenvalue weighted by Crippen LogP contribution is 2.71. The van der Waals surface area contributed by atoms with E-state index in [2.05, 4.69) is 6.92 Å². The van der Waals surface area contributed by atoms with Gasteiger partial charge >= 0.3 is 0 Å². The van der Waals surface area contributed by atoms with E-state index in [4.69, 9.17) is 15.8 Å². The molecule has 1 N–H and O–H groups in total. The van der Waals surface area contributed by atoms with E-state index in [0.29, 0.717) is 18.0 Å². The third-order valence-corrected chi connectivity index (χ3v) is 8.78. The van der Waals surface area contributed by atoms with Crippen LogP contribution in [0.25, 0.3) is 0 Å². The zero-order valence-corrected chi connectivity index (χ0v) is 16.9. The maximum absolute atomic E-state index is 13.3. The number of benzene rings is 2. The second kappa shape index (κ2) is 7.47. The van der Waals surface area contributed by atoms with Gasteiger partial charge < -0.3 is 9.29 Å². The summed E-state index contributed by atoms with van der Waals surface area (Å²) in [5, 5.41) is 10.7. The summed E-state index contributed by atoms with van der Waals surface area (Å²) < 4.78 is 8.73. The Morgan fingerprint density at radius 1 is 1.19 bits per heavy atom. The van der Waals surface area contributed by atoms with Crippen molar-refractivity contribution in [3.63, 3.8) is 0 Å². The number of rotatable bonds is 5. The molecule has 3 atom stereocenters. The van der Waals surface area contributed by atoms with Crippen LogP contribution < -0.4 is 0 Å². The van der Waals surface area contributed by atoms with Gasteiger partial charge in [-0.15, -0.1) is 0 Å². The Morgan fingerprint density at radius 3 is 2.59 bits per heavy atom. The molecule has 6 heteroatoms. The molecule has 0 aromatic heterocycles. The molecule has 0 bridgehead atoms. The van der Waals surface area contributed by atoms with Crippen LogP contribution in [0.2, 0.25) is 5.02 Å². The van der Waals surface area contributed by atoms with E-state index >= 15 is 0 Å². The van der Waals surface area contributed by atoms with Gasteiger partial charge in [0.05, 0.1) is 17.8 Å². The van der Waals surface area contributed by atoms with Crippen LogP contribution in [0.5, 0.6) is 0 Å². The number of hydrogen-bond donors (Lipinski definition) is 1. The molecule has 1 heterocycles. The first-order valence-corrected chi connectivity index (χ1v) is 11.3. The Morgan fingerprint density at radius 2 is 1.93 bits per heavy atom. The summed E-state index contributed by atoms with van der Waals surface area (Å²) in [5.41, 5.74) is 0.717. The smallest absolute Gasteiger partial charge is 0.265 e. The normalized spacial score (nSPS) is 29.6. The second-order valence-electron chi connectivity index (χ2n) is 7.07. The van der Waals surface area contributed by atoms with Gasteiger partial charge in [0, 0.05) is 38.3 Å². The summed E-state index contributed by atoms with van der Waals surface area (Å²) in [5.74, 6) is 0.0240. The van der Waals surface area contributed by atoms with E-state index in [1.165, 1.54) is 0 Å². The molecule has 2 aromatic rings. The van der Waals surface area contributed by atoms with Gasteiger partial charge in [0.2, 0.25) is 0 Å². The lowest BCUT2D eigenvalue weighted by Gasteiger charge is -2.45. The molecule has 27 heavy (non-hydrogen) atoms. The van der Waals surface area contributed by atoms with Crippen molar-refractivity contribution in [1.29, 1.82) is 0 Å². The third kappa shape index (κ3) is 3.17. The van der Waals surface area contributed by atoms with E-state index in [-0.39, 0.29) is 18.1 Å². The molecule has 1 amide bonds. The molecule has 0 spiro atoms. The Bertz CT molecular complexity index is 844. The Labute approximate surface area is 166 Å². The monoisotopic (exact) mass is 405 g/mol. The fourth-order valence-corrected chi connectivity index (χ4v) is 7.67. The van der Waals surface area contributed by atoms with Crippen molar-refractivity contribution >= 4 is 28.0 Å². The van der Waals surface area contributed by atoms with Crippen molar-refractivity contribution in [3.05, 3.63) is 59.1 Å². The fraction of sp³-hybridized carbons (Fsp3) is 0.381. The fourth-order valence-electron chi connectivity index (χ4n) is 3.92. The highest BCUT2D eigenvalue weighted by atomic mass is 35.5. The van der Waals surface area contributed by atoms with Crippen molar-refractivity contribution in [2.75, 3.05) is 6.54 Å². The summed E-state index contributed by atoms with van der Waals surface area (Å²) in [6.07, 6.45) is 2.61. The number of aliphatic hydroxyl groups is 1.